The molecule has 204 valence electrons. The Hall–Kier alpha value is -1.85. The van der Waals surface area contributed by atoms with E-state index < -0.39 is 27.5 Å². The van der Waals surface area contributed by atoms with Gasteiger partial charge in [-0.3, -0.25) is 9.69 Å². The number of likely N-dealkylation sites (tertiary alicyclic amines) is 1. The molecule has 1 fully saturated rings. The number of nitrogens with one attached hydrogen (secondary N) is 2. The maximum Gasteiger partial charge on any atom is 0.416 e. The molecule has 1 saturated heterocycles. The topological polar surface area (TPSA) is 78.5 Å². The summed E-state index contributed by atoms with van der Waals surface area (Å²) in [5.41, 5.74) is -1.07. The van der Waals surface area contributed by atoms with Crippen LogP contribution in [0.4, 0.5) is 13.2 Å². The first-order valence-electron chi connectivity index (χ1n) is 11.9. The molecule has 1 aliphatic rings. The van der Waals surface area contributed by atoms with Crippen molar-refractivity contribution in [3.63, 3.8) is 0 Å². The minimum absolute atomic E-state index is 0.00885. The van der Waals surface area contributed by atoms with Crippen LogP contribution >= 0.6 is 23.2 Å². The molecular weight excluding hydrogens is 550 g/mol. The summed E-state index contributed by atoms with van der Waals surface area (Å²) in [6, 6.07) is 6.41. The molecule has 0 radical (unpaired) electrons. The molecule has 0 bridgehead atoms. The average Bonchev–Trinajstić information content (AvgIpc) is 2.82. The molecule has 0 unspecified atom stereocenters. The first kappa shape index (κ1) is 29.7. The van der Waals surface area contributed by atoms with Gasteiger partial charge in [0.2, 0.25) is 0 Å². The van der Waals surface area contributed by atoms with Crippen LogP contribution < -0.4 is 10.6 Å². The summed E-state index contributed by atoms with van der Waals surface area (Å²) in [4.78, 5) is 14.8. The van der Waals surface area contributed by atoms with E-state index in [0.717, 1.165) is 18.9 Å². The van der Waals surface area contributed by atoms with Gasteiger partial charge in [-0.05, 0) is 74.3 Å². The molecule has 1 heterocycles. The summed E-state index contributed by atoms with van der Waals surface area (Å²) in [7, 11) is -1.80. The van der Waals surface area contributed by atoms with Crippen LogP contribution in [0, 0.1) is 0 Å². The van der Waals surface area contributed by atoms with Gasteiger partial charge in [0, 0.05) is 41.3 Å². The molecule has 1 aliphatic heterocycles. The lowest BCUT2D eigenvalue weighted by Gasteiger charge is -2.33. The highest BCUT2D eigenvalue weighted by Gasteiger charge is 2.36. The van der Waals surface area contributed by atoms with Gasteiger partial charge in [-0.2, -0.15) is 13.2 Å². The number of carbonyl (C=O) groups is 1. The summed E-state index contributed by atoms with van der Waals surface area (Å²) in [6.07, 6.45) is -2.53. The highest BCUT2D eigenvalue weighted by molar-refractivity contribution is 7.91. The number of rotatable bonds is 9. The molecule has 0 spiro atoms. The SMILES string of the molecule is CCCS(=O)(=O)c1ccc(Cl)cc1CNC(=O)c1cc(Cl)c(CN2CCC[C@H](NC)C2)c(C(F)(F)F)c1. The zero-order valence-corrected chi connectivity index (χ0v) is 22.9. The standard InChI is InChI=1S/C25H30Cl2F3N3O3S/c1-3-9-37(35,36)23-7-6-18(26)10-17(23)13-32-24(34)16-11-21(25(28,29)30)20(22(27)12-16)15-33-8-4-5-19(14-33)31-2/h6-7,10-12,19,31H,3-5,8-9,13-15H2,1-2H3,(H,32,34)/t19-/m0/s1. The second kappa shape index (κ2) is 12.3. The van der Waals surface area contributed by atoms with Gasteiger partial charge in [-0.1, -0.05) is 30.1 Å². The maximum absolute atomic E-state index is 14.0. The van der Waals surface area contributed by atoms with Crippen molar-refractivity contribution >= 4 is 38.9 Å². The number of nitrogens with zero attached hydrogens (tertiary/aromatic N) is 1. The van der Waals surface area contributed by atoms with Crippen LogP contribution in [-0.4, -0.2) is 51.2 Å². The first-order valence-corrected chi connectivity index (χ1v) is 14.3. The number of hydrogen-bond acceptors (Lipinski definition) is 5. The van der Waals surface area contributed by atoms with Gasteiger partial charge in [-0.25, -0.2) is 8.42 Å². The third-order valence-electron chi connectivity index (χ3n) is 6.33. The van der Waals surface area contributed by atoms with E-state index in [4.69, 9.17) is 23.2 Å². The van der Waals surface area contributed by atoms with Crippen LogP contribution in [0.15, 0.2) is 35.2 Å². The number of alkyl halides is 3. The molecule has 2 N–H and O–H groups in total. The normalized spacial score (nSPS) is 17.1. The fraction of sp³-hybridized carbons (Fsp3) is 0.480. The van der Waals surface area contributed by atoms with Crippen LogP contribution in [-0.2, 0) is 29.1 Å². The summed E-state index contributed by atoms with van der Waals surface area (Å²) in [5, 5.41) is 5.79. The van der Waals surface area contributed by atoms with Crippen molar-refractivity contribution < 1.29 is 26.4 Å². The molecule has 3 rings (SSSR count). The molecule has 12 heteroatoms. The van der Waals surface area contributed by atoms with E-state index in [1.54, 1.807) is 6.92 Å². The first-order chi connectivity index (χ1) is 17.4. The van der Waals surface area contributed by atoms with Crippen molar-refractivity contribution in [3.8, 4) is 0 Å². The van der Waals surface area contributed by atoms with E-state index in [-0.39, 0.29) is 56.5 Å². The number of carbonyl (C=O) groups excluding carboxylic acids is 1. The van der Waals surface area contributed by atoms with Crippen molar-refractivity contribution in [3.05, 3.63) is 62.6 Å². The predicted octanol–water partition coefficient (Wildman–Crippen LogP) is 5.31. The van der Waals surface area contributed by atoms with Crippen LogP contribution in [0.2, 0.25) is 10.0 Å². The Bertz CT molecular complexity index is 1240. The molecule has 2 aromatic carbocycles. The smallest absolute Gasteiger partial charge is 0.348 e. The fourth-order valence-corrected chi connectivity index (χ4v) is 6.52. The van der Waals surface area contributed by atoms with Crippen molar-refractivity contribution in [1.29, 1.82) is 0 Å². The Morgan fingerprint density at radius 2 is 1.92 bits per heavy atom. The molecule has 2 aromatic rings. The third kappa shape index (κ3) is 7.60. The van der Waals surface area contributed by atoms with Crippen LogP contribution in [0.1, 0.15) is 53.2 Å². The van der Waals surface area contributed by atoms with E-state index >= 15 is 0 Å². The Morgan fingerprint density at radius 3 is 2.57 bits per heavy atom. The van der Waals surface area contributed by atoms with Crippen LogP contribution in [0.3, 0.4) is 0 Å². The van der Waals surface area contributed by atoms with Crippen molar-refractivity contribution in [2.45, 2.75) is 56.4 Å². The lowest BCUT2D eigenvalue weighted by molar-refractivity contribution is -0.138. The van der Waals surface area contributed by atoms with Crippen molar-refractivity contribution in [2.75, 3.05) is 25.9 Å². The van der Waals surface area contributed by atoms with Gasteiger partial charge in [0.1, 0.15) is 0 Å². The molecule has 37 heavy (non-hydrogen) atoms. The number of halogens is 5. The number of sulfone groups is 1. The van der Waals surface area contributed by atoms with Crippen LogP contribution in [0.5, 0.6) is 0 Å². The van der Waals surface area contributed by atoms with Gasteiger partial charge in [0.25, 0.3) is 5.91 Å². The average molecular weight is 581 g/mol. The Kier molecular flexibility index (Phi) is 9.90. The number of benzene rings is 2. The Labute approximate surface area is 225 Å². The third-order valence-corrected chi connectivity index (χ3v) is 8.91. The van der Waals surface area contributed by atoms with Crippen LogP contribution in [0.25, 0.3) is 0 Å². The van der Waals surface area contributed by atoms with Gasteiger partial charge in [0.15, 0.2) is 9.84 Å². The molecule has 0 aliphatic carbocycles. The number of piperidine rings is 1. The minimum atomic E-state index is -4.72. The van der Waals surface area contributed by atoms with E-state index in [9.17, 15) is 26.4 Å². The zero-order chi connectivity index (χ0) is 27.4. The summed E-state index contributed by atoms with van der Waals surface area (Å²) >= 11 is 12.3. The largest absolute Gasteiger partial charge is 0.416 e. The van der Waals surface area contributed by atoms with E-state index in [1.165, 1.54) is 24.3 Å². The van der Waals surface area contributed by atoms with Gasteiger partial charge in [0.05, 0.1) is 16.2 Å². The van der Waals surface area contributed by atoms with Gasteiger partial charge >= 0.3 is 6.18 Å². The van der Waals surface area contributed by atoms with Gasteiger partial charge in [-0.15, -0.1) is 0 Å². The number of amides is 1. The number of hydrogen-bond donors (Lipinski definition) is 2. The monoisotopic (exact) mass is 579 g/mol. The summed E-state index contributed by atoms with van der Waals surface area (Å²) < 4.78 is 67.3. The van der Waals surface area contributed by atoms with Crippen molar-refractivity contribution in [1.82, 2.24) is 15.5 Å². The van der Waals surface area contributed by atoms with E-state index in [0.29, 0.717) is 19.5 Å². The van der Waals surface area contributed by atoms with Gasteiger partial charge < -0.3 is 10.6 Å². The predicted molar refractivity (Wildman–Crippen MR) is 139 cm³/mol. The maximum atomic E-state index is 14.0. The Morgan fingerprint density at radius 1 is 1.19 bits per heavy atom. The molecule has 1 atom stereocenters. The quantitative estimate of drug-likeness (QED) is 0.421. The zero-order valence-electron chi connectivity index (χ0n) is 20.6. The Balaban J connectivity index is 1.86. The second-order valence-corrected chi connectivity index (χ2v) is 12.0. The lowest BCUT2D eigenvalue weighted by Crippen LogP contribution is -2.44. The second-order valence-electron chi connectivity index (χ2n) is 9.10. The highest BCUT2D eigenvalue weighted by atomic mass is 35.5. The molecule has 0 aromatic heterocycles. The highest BCUT2D eigenvalue weighted by Crippen LogP contribution is 2.37. The van der Waals surface area contributed by atoms with Crippen molar-refractivity contribution in [2.24, 2.45) is 0 Å². The van der Waals surface area contributed by atoms with E-state index in [1.807, 2.05) is 11.9 Å². The lowest BCUT2D eigenvalue weighted by atomic mass is 10.00. The minimum Gasteiger partial charge on any atom is -0.348 e. The summed E-state index contributed by atoms with van der Waals surface area (Å²) in [5.74, 6) is -0.904. The fourth-order valence-electron chi connectivity index (χ4n) is 4.49. The van der Waals surface area contributed by atoms with E-state index in [2.05, 4.69) is 10.6 Å². The molecular formula is C25H30Cl2F3N3O3S. The molecule has 1 amide bonds. The molecule has 6 nitrogen and oxygen atoms in total. The number of likely N-dealkylation sites (N-methyl/N-ethyl adjacent to an activating group) is 1. The summed E-state index contributed by atoms with van der Waals surface area (Å²) in [6.45, 7) is 2.74. The molecule has 0 saturated carbocycles.